The first kappa shape index (κ1) is 25.6. The second kappa shape index (κ2) is 9.87. The molecule has 3 aromatic rings. The predicted octanol–water partition coefficient (Wildman–Crippen LogP) is 5.58. The number of amides is 1. The van der Waals surface area contributed by atoms with E-state index in [2.05, 4.69) is 18.8 Å². The largest absolute Gasteiger partial charge is 0.464 e. The van der Waals surface area contributed by atoms with Gasteiger partial charge < -0.3 is 14.4 Å². The number of halogens is 1. The minimum absolute atomic E-state index is 0.0839. The van der Waals surface area contributed by atoms with Crippen molar-refractivity contribution in [1.29, 1.82) is 0 Å². The van der Waals surface area contributed by atoms with Gasteiger partial charge in [0.05, 0.1) is 18.5 Å². The van der Waals surface area contributed by atoms with Crippen LogP contribution in [0.3, 0.4) is 0 Å². The number of rotatable bonds is 4. The highest BCUT2D eigenvalue weighted by molar-refractivity contribution is 5.93. The van der Waals surface area contributed by atoms with Crippen LogP contribution in [0.15, 0.2) is 30.3 Å². The number of nitrogens with zero attached hydrogens (tertiary/aromatic N) is 4. The van der Waals surface area contributed by atoms with Gasteiger partial charge in [0.1, 0.15) is 11.4 Å². The molecule has 3 heterocycles. The summed E-state index contributed by atoms with van der Waals surface area (Å²) >= 11 is 0. The zero-order chi connectivity index (χ0) is 26.2. The number of carbonyl (C=O) groups is 2. The third kappa shape index (κ3) is 5.20. The van der Waals surface area contributed by atoms with Gasteiger partial charge in [0.25, 0.3) is 0 Å². The van der Waals surface area contributed by atoms with E-state index in [1.165, 1.54) is 19.2 Å². The van der Waals surface area contributed by atoms with Crippen LogP contribution in [0.4, 0.5) is 9.18 Å². The van der Waals surface area contributed by atoms with Crippen molar-refractivity contribution in [2.24, 2.45) is 0 Å². The van der Waals surface area contributed by atoms with Crippen molar-refractivity contribution >= 4 is 23.1 Å². The average molecular weight is 497 g/mol. The Morgan fingerprint density at radius 3 is 2.31 bits per heavy atom. The number of esters is 1. The van der Waals surface area contributed by atoms with Crippen molar-refractivity contribution < 1.29 is 23.5 Å². The molecule has 1 saturated heterocycles. The molecule has 0 saturated carbocycles. The molecular weight excluding hydrogens is 463 g/mol. The predicted molar refractivity (Wildman–Crippen MR) is 134 cm³/mol. The fourth-order valence-corrected chi connectivity index (χ4v) is 4.57. The molecule has 0 atom stereocenters. The molecule has 0 aliphatic carbocycles. The van der Waals surface area contributed by atoms with Gasteiger partial charge in [-0.25, -0.2) is 23.6 Å². The van der Waals surface area contributed by atoms with E-state index in [-0.39, 0.29) is 29.4 Å². The van der Waals surface area contributed by atoms with Crippen LogP contribution in [0.1, 0.15) is 81.0 Å². The van der Waals surface area contributed by atoms with Gasteiger partial charge in [-0.1, -0.05) is 13.8 Å². The number of methoxy groups -OCH3 is 1. The summed E-state index contributed by atoms with van der Waals surface area (Å²) in [5.41, 5.74) is 2.62. The second-order valence-corrected chi connectivity index (χ2v) is 10.5. The van der Waals surface area contributed by atoms with Crippen LogP contribution >= 0.6 is 0 Å². The maximum Gasteiger partial charge on any atom is 0.410 e. The van der Waals surface area contributed by atoms with Crippen molar-refractivity contribution in [3.05, 3.63) is 53.1 Å². The molecule has 36 heavy (non-hydrogen) atoms. The summed E-state index contributed by atoms with van der Waals surface area (Å²) in [5.74, 6) is -0.719. The van der Waals surface area contributed by atoms with Crippen molar-refractivity contribution in [1.82, 2.24) is 19.7 Å². The summed E-state index contributed by atoms with van der Waals surface area (Å²) in [5, 5.41) is 5.74. The van der Waals surface area contributed by atoms with Crippen LogP contribution in [-0.2, 0) is 9.47 Å². The van der Waals surface area contributed by atoms with Gasteiger partial charge in [-0.2, -0.15) is 5.10 Å². The van der Waals surface area contributed by atoms with E-state index in [0.29, 0.717) is 37.3 Å². The van der Waals surface area contributed by atoms with Gasteiger partial charge in [0.2, 0.25) is 0 Å². The number of carbonyl (C=O) groups excluding carboxylic acids is 2. The molecule has 1 aromatic carbocycles. The Hall–Kier alpha value is -3.49. The topological polar surface area (TPSA) is 86.5 Å². The molecule has 4 rings (SSSR count). The zero-order valence-corrected chi connectivity index (χ0v) is 21.7. The molecule has 1 amide bonds. The lowest BCUT2D eigenvalue weighted by molar-refractivity contribution is 0.0205. The Kier molecular flexibility index (Phi) is 7.02. The minimum atomic E-state index is -0.554. The summed E-state index contributed by atoms with van der Waals surface area (Å²) in [6.45, 7) is 10.8. The Labute approximate surface area is 210 Å². The van der Waals surface area contributed by atoms with Gasteiger partial charge in [-0.05, 0) is 81.3 Å². The quantitative estimate of drug-likeness (QED) is 0.438. The Balaban J connectivity index is 1.79. The first-order valence-corrected chi connectivity index (χ1v) is 12.2. The van der Waals surface area contributed by atoms with E-state index >= 15 is 0 Å². The molecule has 1 fully saturated rings. The van der Waals surface area contributed by atoms with Crippen LogP contribution in [0.25, 0.3) is 16.7 Å². The molecule has 0 spiro atoms. The molecule has 0 N–H and O–H groups in total. The van der Waals surface area contributed by atoms with Gasteiger partial charge >= 0.3 is 12.1 Å². The van der Waals surface area contributed by atoms with Crippen molar-refractivity contribution in [2.45, 2.75) is 64.9 Å². The summed E-state index contributed by atoms with van der Waals surface area (Å²) in [6.07, 6.45) is 1.10. The maximum atomic E-state index is 13.6. The van der Waals surface area contributed by atoms with Gasteiger partial charge in [0, 0.05) is 18.5 Å². The van der Waals surface area contributed by atoms with Crippen LogP contribution in [0, 0.1) is 5.82 Å². The molecule has 0 radical (unpaired) electrons. The molecular formula is C27H33FN4O4. The van der Waals surface area contributed by atoms with Crippen LogP contribution in [-0.4, -0.2) is 57.5 Å². The van der Waals surface area contributed by atoms with Crippen LogP contribution < -0.4 is 0 Å². The van der Waals surface area contributed by atoms with E-state index in [4.69, 9.17) is 14.6 Å². The number of likely N-dealkylation sites (tertiary alicyclic amines) is 1. The number of pyridine rings is 1. The van der Waals surface area contributed by atoms with Crippen molar-refractivity contribution in [3.63, 3.8) is 0 Å². The van der Waals surface area contributed by atoms with Crippen LogP contribution in [0.5, 0.6) is 0 Å². The molecule has 192 valence electrons. The van der Waals surface area contributed by atoms with Crippen molar-refractivity contribution in [3.8, 4) is 5.69 Å². The third-order valence-electron chi connectivity index (χ3n) is 6.29. The number of hydrogen-bond acceptors (Lipinski definition) is 6. The Bertz CT molecular complexity index is 1270. The summed E-state index contributed by atoms with van der Waals surface area (Å²) < 4.78 is 25.8. The number of piperidine rings is 1. The first-order valence-electron chi connectivity index (χ1n) is 12.2. The number of aromatic nitrogens is 3. The fourth-order valence-electron chi connectivity index (χ4n) is 4.57. The SMILES string of the molecule is COC(=O)c1cc(C2CCN(C(=O)OC(C)(C)C)CC2)c2c(C(C)C)nn(-c3ccc(F)cc3)c2n1. The number of fused-ring (bicyclic) bond motifs is 1. The highest BCUT2D eigenvalue weighted by atomic mass is 19.1. The highest BCUT2D eigenvalue weighted by Gasteiger charge is 2.31. The van der Waals surface area contributed by atoms with E-state index in [1.54, 1.807) is 27.8 Å². The fraction of sp³-hybridized carbons (Fsp3) is 0.481. The summed E-state index contributed by atoms with van der Waals surface area (Å²) in [6, 6.07) is 7.81. The van der Waals surface area contributed by atoms with Gasteiger partial charge in [0.15, 0.2) is 11.3 Å². The molecule has 0 unspecified atom stereocenters. The average Bonchev–Trinajstić information content (AvgIpc) is 3.22. The van der Waals surface area contributed by atoms with Crippen molar-refractivity contribution in [2.75, 3.05) is 20.2 Å². The lowest BCUT2D eigenvalue weighted by Crippen LogP contribution is -2.41. The summed E-state index contributed by atoms with van der Waals surface area (Å²) in [4.78, 5) is 31.5. The third-order valence-corrected chi connectivity index (χ3v) is 6.29. The lowest BCUT2D eigenvalue weighted by Gasteiger charge is -2.34. The summed E-state index contributed by atoms with van der Waals surface area (Å²) in [7, 11) is 1.32. The zero-order valence-electron chi connectivity index (χ0n) is 21.7. The molecule has 2 aromatic heterocycles. The van der Waals surface area contributed by atoms with E-state index in [9.17, 15) is 14.0 Å². The lowest BCUT2D eigenvalue weighted by atomic mass is 9.86. The number of hydrogen-bond donors (Lipinski definition) is 0. The van der Waals surface area contributed by atoms with Gasteiger partial charge in [-0.15, -0.1) is 0 Å². The number of ether oxygens (including phenoxy) is 2. The molecule has 0 bridgehead atoms. The monoisotopic (exact) mass is 496 g/mol. The molecule has 1 aliphatic rings. The van der Waals surface area contributed by atoms with E-state index in [1.807, 2.05) is 20.8 Å². The molecule has 9 heteroatoms. The second-order valence-electron chi connectivity index (χ2n) is 10.5. The standard InChI is InChI=1S/C27H33FN4O4/c1-16(2)23-22-20(17-11-13-31(14-12-17)26(34)36-27(3,4)5)15-21(25(33)35-6)29-24(22)32(30-23)19-9-7-18(28)8-10-19/h7-10,15-17H,11-14H2,1-6H3. The highest BCUT2D eigenvalue weighted by Crippen LogP contribution is 2.38. The molecule has 8 nitrogen and oxygen atoms in total. The smallest absolute Gasteiger partial charge is 0.410 e. The van der Waals surface area contributed by atoms with Gasteiger partial charge in [-0.3, -0.25) is 0 Å². The van der Waals surface area contributed by atoms with E-state index < -0.39 is 11.6 Å². The minimum Gasteiger partial charge on any atom is -0.464 e. The normalized spacial score (nSPS) is 14.9. The van der Waals surface area contributed by atoms with E-state index in [0.717, 1.165) is 16.6 Å². The first-order chi connectivity index (χ1) is 17.0. The Morgan fingerprint density at radius 1 is 1.11 bits per heavy atom. The Morgan fingerprint density at radius 2 is 1.75 bits per heavy atom. The van der Waals surface area contributed by atoms with Crippen LogP contribution in [0.2, 0.25) is 0 Å². The maximum absolute atomic E-state index is 13.6. The molecule has 1 aliphatic heterocycles. The number of benzene rings is 1.